The number of halogens is 1. The fourth-order valence-corrected chi connectivity index (χ4v) is 3.16. The lowest BCUT2D eigenvalue weighted by molar-refractivity contribution is -0.117. The zero-order valence-corrected chi connectivity index (χ0v) is 11.7. The SMILES string of the molecule is CC(=O)CCCC1CCC(c2ccc(F)cc2)CC1. The van der Waals surface area contributed by atoms with Crippen LogP contribution in [0.2, 0.25) is 0 Å². The van der Waals surface area contributed by atoms with Crippen molar-refractivity contribution in [1.82, 2.24) is 0 Å². The molecule has 0 spiro atoms. The predicted octanol–water partition coefficient (Wildman–Crippen LogP) is 4.86. The van der Waals surface area contributed by atoms with Crippen molar-refractivity contribution in [1.29, 1.82) is 0 Å². The van der Waals surface area contributed by atoms with Gasteiger partial charge in [-0.2, -0.15) is 0 Å². The Hall–Kier alpha value is -1.18. The Balaban J connectivity index is 1.76. The Labute approximate surface area is 115 Å². The molecule has 0 aliphatic heterocycles. The second-order valence-corrected chi connectivity index (χ2v) is 5.86. The monoisotopic (exact) mass is 262 g/mol. The van der Waals surface area contributed by atoms with E-state index < -0.39 is 0 Å². The standard InChI is InChI=1S/C17H23FO/c1-13(19)3-2-4-14-5-7-15(8-6-14)16-9-11-17(18)12-10-16/h9-12,14-15H,2-8H2,1H3. The topological polar surface area (TPSA) is 17.1 Å². The molecular formula is C17H23FO. The number of carbonyl (C=O) groups excluding carboxylic acids is 1. The molecule has 0 atom stereocenters. The summed E-state index contributed by atoms with van der Waals surface area (Å²) in [6, 6.07) is 6.98. The van der Waals surface area contributed by atoms with Gasteiger partial charge < -0.3 is 4.79 Å². The van der Waals surface area contributed by atoms with Gasteiger partial charge in [0.2, 0.25) is 0 Å². The van der Waals surface area contributed by atoms with Gasteiger partial charge in [0.25, 0.3) is 0 Å². The zero-order valence-electron chi connectivity index (χ0n) is 11.7. The van der Waals surface area contributed by atoms with Gasteiger partial charge >= 0.3 is 0 Å². The summed E-state index contributed by atoms with van der Waals surface area (Å²) in [4.78, 5) is 10.9. The summed E-state index contributed by atoms with van der Waals surface area (Å²) in [5, 5.41) is 0. The molecule has 1 aromatic rings. The molecule has 0 radical (unpaired) electrons. The number of hydrogen-bond donors (Lipinski definition) is 0. The van der Waals surface area contributed by atoms with Crippen LogP contribution in [-0.2, 0) is 4.79 Å². The molecule has 1 saturated carbocycles. The van der Waals surface area contributed by atoms with Gasteiger partial charge in [-0.25, -0.2) is 4.39 Å². The predicted molar refractivity (Wildman–Crippen MR) is 75.6 cm³/mol. The summed E-state index contributed by atoms with van der Waals surface area (Å²) >= 11 is 0. The lowest BCUT2D eigenvalue weighted by Gasteiger charge is -2.28. The number of ketones is 1. The van der Waals surface area contributed by atoms with E-state index in [1.165, 1.54) is 37.7 Å². The molecule has 1 nitrogen and oxygen atoms in total. The third-order valence-corrected chi connectivity index (χ3v) is 4.33. The molecule has 0 saturated heterocycles. The Morgan fingerprint density at radius 1 is 1.16 bits per heavy atom. The Bertz CT molecular complexity index is 402. The smallest absolute Gasteiger partial charge is 0.129 e. The molecule has 1 aromatic carbocycles. The molecule has 2 rings (SSSR count). The van der Waals surface area contributed by atoms with Crippen molar-refractivity contribution in [2.24, 2.45) is 5.92 Å². The quantitative estimate of drug-likeness (QED) is 0.740. The average Bonchev–Trinajstić information content (AvgIpc) is 2.40. The molecule has 1 fully saturated rings. The molecule has 1 aliphatic carbocycles. The molecule has 104 valence electrons. The number of Topliss-reactive ketones (excluding diaryl/α,β-unsaturated/α-hetero) is 1. The van der Waals surface area contributed by atoms with Crippen molar-refractivity contribution in [2.75, 3.05) is 0 Å². The molecule has 0 bridgehead atoms. The van der Waals surface area contributed by atoms with Gasteiger partial charge in [0, 0.05) is 6.42 Å². The molecule has 0 amide bonds. The summed E-state index contributed by atoms with van der Waals surface area (Å²) in [7, 11) is 0. The van der Waals surface area contributed by atoms with Gasteiger partial charge in [-0.15, -0.1) is 0 Å². The largest absolute Gasteiger partial charge is 0.300 e. The summed E-state index contributed by atoms with van der Waals surface area (Å²) in [5.41, 5.74) is 1.28. The number of carbonyl (C=O) groups is 1. The molecule has 0 N–H and O–H groups in total. The Kier molecular flexibility index (Phi) is 5.12. The first-order chi connectivity index (χ1) is 9.15. The fraction of sp³-hybridized carbons (Fsp3) is 0.588. The van der Waals surface area contributed by atoms with E-state index >= 15 is 0 Å². The van der Waals surface area contributed by atoms with Crippen LogP contribution in [0.3, 0.4) is 0 Å². The summed E-state index contributed by atoms with van der Waals surface area (Å²) in [6.45, 7) is 1.67. The van der Waals surface area contributed by atoms with E-state index in [1.54, 1.807) is 19.1 Å². The minimum Gasteiger partial charge on any atom is -0.300 e. The maximum Gasteiger partial charge on any atom is 0.129 e. The van der Waals surface area contributed by atoms with Crippen LogP contribution in [-0.4, -0.2) is 5.78 Å². The first-order valence-electron chi connectivity index (χ1n) is 7.40. The van der Waals surface area contributed by atoms with E-state index in [0.717, 1.165) is 18.8 Å². The van der Waals surface area contributed by atoms with E-state index in [2.05, 4.69) is 0 Å². The van der Waals surface area contributed by atoms with Crippen LogP contribution in [0.25, 0.3) is 0 Å². The fourth-order valence-electron chi connectivity index (χ4n) is 3.16. The van der Waals surface area contributed by atoms with Crippen molar-refractivity contribution in [2.45, 2.75) is 57.8 Å². The number of rotatable bonds is 5. The lowest BCUT2D eigenvalue weighted by atomic mass is 9.77. The van der Waals surface area contributed by atoms with Crippen LogP contribution < -0.4 is 0 Å². The summed E-state index contributed by atoms with van der Waals surface area (Å²) < 4.78 is 12.9. The highest BCUT2D eigenvalue weighted by Gasteiger charge is 2.22. The van der Waals surface area contributed by atoms with Crippen molar-refractivity contribution in [3.63, 3.8) is 0 Å². The second-order valence-electron chi connectivity index (χ2n) is 5.86. The normalized spacial score (nSPS) is 23.3. The molecule has 1 aliphatic rings. The van der Waals surface area contributed by atoms with Gasteiger partial charge in [-0.1, -0.05) is 18.6 Å². The first kappa shape index (κ1) is 14.2. The highest BCUT2D eigenvalue weighted by molar-refractivity contribution is 5.75. The molecule has 19 heavy (non-hydrogen) atoms. The average molecular weight is 262 g/mol. The van der Waals surface area contributed by atoms with Crippen LogP contribution in [0.4, 0.5) is 4.39 Å². The minimum atomic E-state index is -0.151. The molecule has 0 aromatic heterocycles. The van der Waals surface area contributed by atoms with Crippen molar-refractivity contribution in [3.05, 3.63) is 35.6 Å². The van der Waals surface area contributed by atoms with Gasteiger partial charge in [-0.05, 0) is 68.6 Å². The lowest BCUT2D eigenvalue weighted by Crippen LogP contribution is -2.13. The Morgan fingerprint density at radius 3 is 2.37 bits per heavy atom. The van der Waals surface area contributed by atoms with Crippen LogP contribution >= 0.6 is 0 Å². The molecule has 0 heterocycles. The molecular weight excluding hydrogens is 239 g/mol. The minimum absolute atomic E-state index is 0.151. The van der Waals surface area contributed by atoms with E-state index in [1.807, 2.05) is 12.1 Å². The summed E-state index contributed by atoms with van der Waals surface area (Å²) in [6.07, 6.45) is 7.88. The molecule has 0 unspecified atom stereocenters. The van der Waals surface area contributed by atoms with E-state index in [4.69, 9.17) is 0 Å². The van der Waals surface area contributed by atoms with Crippen LogP contribution in [0.5, 0.6) is 0 Å². The third kappa shape index (κ3) is 4.45. The number of benzene rings is 1. The maximum absolute atomic E-state index is 12.9. The van der Waals surface area contributed by atoms with Gasteiger partial charge in [0.15, 0.2) is 0 Å². The maximum atomic E-state index is 12.9. The van der Waals surface area contributed by atoms with E-state index in [9.17, 15) is 9.18 Å². The highest BCUT2D eigenvalue weighted by Crippen LogP contribution is 2.37. The van der Waals surface area contributed by atoms with Gasteiger partial charge in [0.1, 0.15) is 11.6 Å². The second kappa shape index (κ2) is 6.83. The highest BCUT2D eigenvalue weighted by atomic mass is 19.1. The Morgan fingerprint density at radius 2 is 1.79 bits per heavy atom. The van der Waals surface area contributed by atoms with Crippen LogP contribution in [0.15, 0.2) is 24.3 Å². The summed E-state index contributed by atoms with van der Waals surface area (Å²) in [5.74, 6) is 1.54. The zero-order chi connectivity index (χ0) is 13.7. The van der Waals surface area contributed by atoms with Crippen molar-refractivity contribution in [3.8, 4) is 0 Å². The van der Waals surface area contributed by atoms with E-state index in [0.29, 0.717) is 11.7 Å². The van der Waals surface area contributed by atoms with Crippen LogP contribution in [0.1, 0.15) is 63.4 Å². The van der Waals surface area contributed by atoms with Crippen LogP contribution in [0, 0.1) is 11.7 Å². The molecule has 2 heteroatoms. The van der Waals surface area contributed by atoms with E-state index in [-0.39, 0.29) is 5.82 Å². The first-order valence-corrected chi connectivity index (χ1v) is 7.40. The van der Waals surface area contributed by atoms with Gasteiger partial charge in [0.05, 0.1) is 0 Å². The van der Waals surface area contributed by atoms with Crippen molar-refractivity contribution < 1.29 is 9.18 Å². The third-order valence-electron chi connectivity index (χ3n) is 4.33. The van der Waals surface area contributed by atoms with Crippen molar-refractivity contribution >= 4 is 5.78 Å². The van der Waals surface area contributed by atoms with Gasteiger partial charge in [-0.3, -0.25) is 0 Å². The number of hydrogen-bond acceptors (Lipinski definition) is 1.